The van der Waals surface area contributed by atoms with Gasteiger partial charge in [-0.15, -0.1) is 0 Å². The molecule has 1 fully saturated rings. The average molecular weight is 293 g/mol. The minimum Gasteiger partial charge on any atom is -0.339 e. The number of nitrogens with one attached hydrogen (secondary N) is 1. The average Bonchev–Trinajstić information content (AvgIpc) is 3.10. The Bertz CT molecular complexity index is 1070. The third-order valence-corrected chi connectivity index (χ3v) is 3.96. The van der Waals surface area contributed by atoms with E-state index in [0.717, 1.165) is 23.9 Å². The molecule has 22 heavy (non-hydrogen) atoms. The zero-order valence-corrected chi connectivity index (χ0v) is 11.5. The number of nitrogens with zero attached hydrogens (tertiary/aromatic N) is 4. The molecule has 0 saturated heterocycles. The van der Waals surface area contributed by atoms with Crippen molar-refractivity contribution in [1.29, 1.82) is 0 Å². The number of hydrogen-bond donors (Lipinski definition) is 1. The fraction of sp³-hybridized carbons (Fsp3) is 0.200. The number of para-hydroxylation sites is 2. The first kappa shape index (κ1) is 11.7. The van der Waals surface area contributed by atoms with E-state index in [-0.39, 0.29) is 5.56 Å². The number of benzene rings is 1. The highest BCUT2D eigenvalue weighted by molar-refractivity contribution is 5.80. The standard InChI is InChI=1S/C15H11N5O2/c21-14-11-7-16-13(12-18-15(22-19-12)8-5-6-8)20(11)10-4-2-1-3-9(10)17-14/h1-4,7-8H,5-6H2,(H,17,21). The van der Waals surface area contributed by atoms with Gasteiger partial charge in [0.15, 0.2) is 5.82 Å². The second kappa shape index (κ2) is 4.03. The third kappa shape index (κ3) is 1.56. The second-order valence-electron chi connectivity index (χ2n) is 5.50. The highest BCUT2D eigenvalue weighted by Crippen LogP contribution is 2.39. The molecule has 3 heterocycles. The molecule has 4 aromatic rings. The zero-order valence-electron chi connectivity index (χ0n) is 11.5. The quantitative estimate of drug-likeness (QED) is 0.611. The van der Waals surface area contributed by atoms with Crippen LogP contribution in [0.4, 0.5) is 0 Å². The van der Waals surface area contributed by atoms with Crippen LogP contribution in [0.15, 0.2) is 39.8 Å². The van der Waals surface area contributed by atoms with Crippen LogP contribution in [0.3, 0.4) is 0 Å². The molecular formula is C15H11N5O2. The number of imidazole rings is 1. The second-order valence-corrected chi connectivity index (χ2v) is 5.50. The topological polar surface area (TPSA) is 89.1 Å². The van der Waals surface area contributed by atoms with Crippen molar-refractivity contribution < 1.29 is 4.52 Å². The minimum atomic E-state index is -0.191. The number of fused-ring (bicyclic) bond motifs is 3. The molecule has 0 aliphatic heterocycles. The molecule has 1 aromatic carbocycles. The maximum Gasteiger partial charge on any atom is 0.274 e. The van der Waals surface area contributed by atoms with Gasteiger partial charge in [0, 0.05) is 5.92 Å². The Morgan fingerprint density at radius 2 is 2.09 bits per heavy atom. The maximum atomic E-state index is 12.2. The Balaban J connectivity index is 1.84. The van der Waals surface area contributed by atoms with Gasteiger partial charge in [0.1, 0.15) is 5.52 Å². The fourth-order valence-electron chi connectivity index (χ4n) is 2.70. The third-order valence-electron chi connectivity index (χ3n) is 3.96. The van der Waals surface area contributed by atoms with Gasteiger partial charge in [0.25, 0.3) is 5.56 Å². The zero-order chi connectivity index (χ0) is 14.7. The summed E-state index contributed by atoms with van der Waals surface area (Å²) in [5.41, 5.74) is 1.86. The van der Waals surface area contributed by atoms with Crippen molar-refractivity contribution in [2.45, 2.75) is 18.8 Å². The summed E-state index contributed by atoms with van der Waals surface area (Å²) >= 11 is 0. The molecule has 1 N–H and O–H groups in total. The lowest BCUT2D eigenvalue weighted by Crippen LogP contribution is -2.10. The van der Waals surface area contributed by atoms with E-state index in [0.29, 0.717) is 29.0 Å². The maximum absolute atomic E-state index is 12.2. The van der Waals surface area contributed by atoms with Crippen LogP contribution in [0.1, 0.15) is 24.7 Å². The van der Waals surface area contributed by atoms with E-state index in [1.54, 1.807) is 4.40 Å². The van der Waals surface area contributed by atoms with Crippen LogP contribution in [-0.4, -0.2) is 24.5 Å². The molecule has 0 radical (unpaired) electrons. The van der Waals surface area contributed by atoms with Gasteiger partial charge in [-0.1, -0.05) is 17.3 Å². The molecule has 3 aromatic heterocycles. The van der Waals surface area contributed by atoms with Gasteiger partial charge in [-0.3, -0.25) is 9.20 Å². The van der Waals surface area contributed by atoms with Crippen molar-refractivity contribution in [2.75, 3.05) is 0 Å². The fourth-order valence-corrected chi connectivity index (χ4v) is 2.70. The molecular weight excluding hydrogens is 282 g/mol. The normalized spacial score (nSPS) is 14.9. The van der Waals surface area contributed by atoms with Crippen molar-refractivity contribution in [2.24, 2.45) is 0 Å². The Labute approximate surface area is 123 Å². The van der Waals surface area contributed by atoms with Gasteiger partial charge >= 0.3 is 0 Å². The molecule has 1 saturated carbocycles. The van der Waals surface area contributed by atoms with Crippen molar-refractivity contribution in [3.05, 3.63) is 46.7 Å². The van der Waals surface area contributed by atoms with Gasteiger partial charge < -0.3 is 9.51 Å². The van der Waals surface area contributed by atoms with Crippen LogP contribution in [0, 0.1) is 0 Å². The lowest BCUT2D eigenvalue weighted by molar-refractivity contribution is 0.380. The van der Waals surface area contributed by atoms with E-state index >= 15 is 0 Å². The Morgan fingerprint density at radius 3 is 2.95 bits per heavy atom. The molecule has 7 nitrogen and oxygen atoms in total. The molecule has 1 aliphatic carbocycles. The Hall–Kier alpha value is -2.96. The molecule has 0 spiro atoms. The van der Waals surface area contributed by atoms with Gasteiger partial charge in [0.05, 0.1) is 17.2 Å². The van der Waals surface area contributed by atoms with Gasteiger partial charge in [-0.25, -0.2) is 4.98 Å². The van der Waals surface area contributed by atoms with E-state index in [9.17, 15) is 4.79 Å². The number of hydrogen-bond acceptors (Lipinski definition) is 5. The summed E-state index contributed by atoms with van der Waals surface area (Å²) in [4.78, 5) is 23.8. The summed E-state index contributed by atoms with van der Waals surface area (Å²) in [6.07, 6.45) is 3.72. The largest absolute Gasteiger partial charge is 0.339 e. The summed E-state index contributed by atoms with van der Waals surface area (Å²) in [5.74, 6) is 1.97. The van der Waals surface area contributed by atoms with Crippen LogP contribution in [-0.2, 0) is 0 Å². The highest BCUT2D eigenvalue weighted by Gasteiger charge is 2.30. The van der Waals surface area contributed by atoms with Crippen LogP contribution < -0.4 is 5.56 Å². The lowest BCUT2D eigenvalue weighted by Gasteiger charge is -2.03. The summed E-state index contributed by atoms with van der Waals surface area (Å²) in [7, 11) is 0. The Morgan fingerprint density at radius 1 is 1.23 bits per heavy atom. The van der Waals surface area contributed by atoms with Gasteiger partial charge in [-0.2, -0.15) is 4.98 Å². The van der Waals surface area contributed by atoms with Crippen LogP contribution in [0.25, 0.3) is 28.2 Å². The molecule has 108 valence electrons. The van der Waals surface area contributed by atoms with E-state index in [1.165, 1.54) is 6.20 Å². The Kier molecular flexibility index (Phi) is 2.14. The summed E-state index contributed by atoms with van der Waals surface area (Å²) in [5, 5.41) is 4.02. The molecule has 0 atom stereocenters. The SMILES string of the molecule is O=c1[nH]c2ccccc2n2c(-c3noc(C4CC4)n3)ncc12. The first-order valence-corrected chi connectivity index (χ1v) is 7.14. The first-order valence-electron chi connectivity index (χ1n) is 7.14. The first-order chi connectivity index (χ1) is 10.8. The summed E-state index contributed by atoms with van der Waals surface area (Å²) < 4.78 is 7.08. The predicted molar refractivity (Wildman–Crippen MR) is 78.6 cm³/mol. The number of H-pyrrole nitrogens is 1. The van der Waals surface area contributed by atoms with E-state index < -0.39 is 0 Å². The minimum absolute atomic E-state index is 0.191. The lowest BCUT2D eigenvalue weighted by atomic mass is 10.3. The van der Waals surface area contributed by atoms with Crippen LogP contribution in [0.2, 0.25) is 0 Å². The molecule has 5 rings (SSSR count). The van der Waals surface area contributed by atoms with Crippen LogP contribution >= 0.6 is 0 Å². The number of aromatic amines is 1. The smallest absolute Gasteiger partial charge is 0.274 e. The molecule has 7 heteroatoms. The molecule has 0 unspecified atom stereocenters. The van der Waals surface area contributed by atoms with Crippen molar-refractivity contribution >= 4 is 16.6 Å². The van der Waals surface area contributed by atoms with E-state index in [1.807, 2.05) is 24.3 Å². The monoisotopic (exact) mass is 293 g/mol. The number of aromatic nitrogens is 5. The van der Waals surface area contributed by atoms with E-state index in [2.05, 4.69) is 20.1 Å². The number of rotatable bonds is 2. The van der Waals surface area contributed by atoms with Gasteiger partial charge in [-0.05, 0) is 25.0 Å². The summed E-state index contributed by atoms with van der Waals surface area (Å²) in [6.45, 7) is 0. The molecule has 1 aliphatic rings. The summed E-state index contributed by atoms with van der Waals surface area (Å²) in [6, 6.07) is 7.56. The molecule has 0 bridgehead atoms. The van der Waals surface area contributed by atoms with Crippen LogP contribution in [0.5, 0.6) is 0 Å². The highest BCUT2D eigenvalue weighted by atomic mass is 16.5. The van der Waals surface area contributed by atoms with Crippen molar-refractivity contribution in [3.8, 4) is 11.6 Å². The van der Waals surface area contributed by atoms with Crippen molar-refractivity contribution in [3.63, 3.8) is 0 Å². The van der Waals surface area contributed by atoms with E-state index in [4.69, 9.17) is 4.52 Å². The van der Waals surface area contributed by atoms with Crippen molar-refractivity contribution in [1.82, 2.24) is 24.5 Å². The molecule has 0 amide bonds. The van der Waals surface area contributed by atoms with Gasteiger partial charge in [0.2, 0.25) is 11.7 Å². The predicted octanol–water partition coefficient (Wildman–Crippen LogP) is 2.10.